The summed E-state index contributed by atoms with van der Waals surface area (Å²) in [5, 5.41) is 8.52. The van der Waals surface area contributed by atoms with Gasteiger partial charge in [-0.15, -0.1) is 0 Å². The van der Waals surface area contributed by atoms with Gasteiger partial charge in [-0.3, -0.25) is 0 Å². The van der Waals surface area contributed by atoms with Crippen molar-refractivity contribution in [2.75, 3.05) is 30.0 Å². The van der Waals surface area contributed by atoms with Crippen LogP contribution in [0.2, 0.25) is 0 Å². The van der Waals surface area contributed by atoms with Crippen LogP contribution in [-0.4, -0.2) is 24.2 Å². The summed E-state index contributed by atoms with van der Waals surface area (Å²) in [6.07, 6.45) is 0. The number of nitrogen functional groups attached to an aromatic ring is 4. The molecule has 0 saturated heterocycles. The van der Waals surface area contributed by atoms with Crippen LogP contribution >= 0.6 is 0 Å². The Morgan fingerprint density at radius 1 is 0.783 bits per heavy atom. The molecule has 0 radical (unpaired) electrons. The molecule has 0 fully saturated rings. The maximum Gasteiger partial charge on any atom is 0.337 e. The summed E-state index contributed by atoms with van der Waals surface area (Å²) in [6.45, 7) is 0. The molecule has 9 N–H and O–H groups in total. The first-order chi connectivity index (χ1) is 10.7. The number of anilines is 4. The number of nitrogens with two attached hydrogens (primary N) is 4. The second kappa shape index (κ2) is 7.55. The van der Waals surface area contributed by atoms with Crippen molar-refractivity contribution in [3.63, 3.8) is 0 Å². The van der Waals surface area contributed by atoms with Crippen molar-refractivity contribution in [3.8, 4) is 0 Å². The third-order valence-corrected chi connectivity index (χ3v) is 2.62. The van der Waals surface area contributed by atoms with E-state index in [4.69, 9.17) is 28.0 Å². The molecule has 0 aliphatic rings. The van der Waals surface area contributed by atoms with Gasteiger partial charge in [-0.05, 0) is 36.4 Å². The minimum atomic E-state index is -1.02. The molecule has 0 aromatic heterocycles. The van der Waals surface area contributed by atoms with E-state index in [1.165, 1.54) is 37.4 Å². The van der Waals surface area contributed by atoms with Gasteiger partial charge in [0.1, 0.15) is 0 Å². The molecule has 2 aromatic carbocycles. The van der Waals surface area contributed by atoms with Crippen LogP contribution in [-0.2, 0) is 4.74 Å². The zero-order chi connectivity index (χ0) is 17.6. The lowest BCUT2D eigenvalue weighted by molar-refractivity contribution is 0.0600. The summed E-state index contributed by atoms with van der Waals surface area (Å²) in [6, 6.07) is 8.83. The van der Waals surface area contributed by atoms with Crippen molar-refractivity contribution in [3.05, 3.63) is 47.5 Å². The van der Waals surface area contributed by atoms with E-state index in [0.717, 1.165) is 0 Å². The van der Waals surface area contributed by atoms with E-state index in [1.54, 1.807) is 6.07 Å². The van der Waals surface area contributed by atoms with Crippen LogP contribution in [0.4, 0.5) is 22.7 Å². The number of rotatable bonds is 2. The number of carboxylic acid groups (broad SMARTS) is 1. The summed E-state index contributed by atoms with van der Waals surface area (Å²) in [7, 11) is 1.31. The second-order valence-electron chi connectivity index (χ2n) is 4.57. The Labute approximate surface area is 132 Å². The topological polar surface area (TPSA) is 168 Å². The zero-order valence-corrected chi connectivity index (χ0v) is 12.4. The molecule has 0 saturated carbocycles. The van der Waals surface area contributed by atoms with Gasteiger partial charge in [0.25, 0.3) is 0 Å². The van der Waals surface area contributed by atoms with Crippen molar-refractivity contribution in [2.45, 2.75) is 0 Å². The Morgan fingerprint density at radius 3 is 1.43 bits per heavy atom. The molecule has 0 aliphatic heterocycles. The van der Waals surface area contributed by atoms with E-state index in [2.05, 4.69) is 4.74 Å². The summed E-state index contributed by atoms with van der Waals surface area (Å²) < 4.78 is 4.50. The van der Waals surface area contributed by atoms with Crippen LogP contribution < -0.4 is 22.9 Å². The molecule has 0 heterocycles. The van der Waals surface area contributed by atoms with Crippen LogP contribution in [0, 0.1) is 0 Å². The van der Waals surface area contributed by atoms with Gasteiger partial charge >= 0.3 is 11.9 Å². The highest BCUT2D eigenvalue weighted by atomic mass is 16.5. The van der Waals surface area contributed by atoms with Crippen molar-refractivity contribution in [2.24, 2.45) is 0 Å². The van der Waals surface area contributed by atoms with Gasteiger partial charge in [-0.25, -0.2) is 9.59 Å². The van der Waals surface area contributed by atoms with Crippen LogP contribution in [0.5, 0.6) is 0 Å². The highest BCUT2D eigenvalue weighted by Gasteiger charge is 2.05. The molecule has 2 rings (SSSR count). The van der Waals surface area contributed by atoms with Gasteiger partial charge in [0, 0.05) is 22.7 Å². The average molecular weight is 318 g/mol. The highest BCUT2D eigenvalue weighted by Crippen LogP contribution is 2.14. The summed E-state index contributed by atoms with van der Waals surface area (Å²) >= 11 is 0. The third kappa shape index (κ3) is 5.46. The van der Waals surface area contributed by atoms with E-state index in [-0.39, 0.29) is 5.56 Å². The molecule has 0 bridgehead atoms. The molecule has 122 valence electrons. The molecule has 8 nitrogen and oxygen atoms in total. The van der Waals surface area contributed by atoms with Gasteiger partial charge in [0.15, 0.2) is 0 Å². The molecular formula is C15H18N4O4. The van der Waals surface area contributed by atoms with Crippen LogP contribution in [0.25, 0.3) is 0 Å². The zero-order valence-electron chi connectivity index (χ0n) is 12.4. The number of hydrogen-bond acceptors (Lipinski definition) is 7. The molecule has 0 atom stereocenters. The number of hydrogen-bond donors (Lipinski definition) is 5. The molecule has 0 amide bonds. The normalized spacial score (nSPS) is 9.43. The minimum Gasteiger partial charge on any atom is -0.478 e. The monoisotopic (exact) mass is 318 g/mol. The minimum absolute atomic E-state index is 0.113. The number of carbonyl (C=O) groups excluding carboxylic acids is 1. The van der Waals surface area contributed by atoms with Crippen molar-refractivity contribution < 1.29 is 19.4 Å². The third-order valence-electron chi connectivity index (χ3n) is 2.62. The predicted molar refractivity (Wildman–Crippen MR) is 88.8 cm³/mol. The molecule has 0 aliphatic carbocycles. The van der Waals surface area contributed by atoms with E-state index in [0.29, 0.717) is 28.3 Å². The number of carboxylic acids is 1. The maximum absolute atomic E-state index is 11.0. The highest BCUT2D eigenvalue weighted by molar-refractivity contribution is 5.91. The fraction of sp³-hybridized carbons (Fsp3) is 0.0667. The van der Waals surface area contributed by atoms with Gasteiger partial charge < -0.3 is 32.8 Å². The van der Waals surface area contributed by atoms with Crippen molar-refractivity contribution >= 4 is 34.7 Å². The van der Waals surface area contributed by atoms with Crippen LogP contribution in [0.1, 0.15) is 20.7 Å². The molecule has 0 spiro atoms. The average Bonchev–Trinajstić information content (AvgIpc) is 2.45. The van der Waals surface area contributed by atoms with Crippen LogP contribution in [0.3, 0.4) is 0 Å². The first-order valence-electron chi connectivity index (χ1n) is 6.36. The molecule has 8 heteroatoms. The van der Waals surface area contributed by atoms with Crippen LogP contribution in [0.15, 0.2) is 36.4 Å². The molecule has 2 aromatic rings. The van der Waals surface area contributed by atoms with E-state index < -0.39 is 11.9 Å². The molecule has 0 unspecified atom stereocenters. The Hall–Kier alpha value is -3.42. The lowest BCUT2D eigenvalue weighted by Crippen LogP contribution is -2.03. The quantitative estimate of drug-likeness (QED) is 0.406. The maximum atomic E-state index is 11.0. The lowest BCUT2D eigenvalue weighted by Gasteiger charge is -2.01. The number of ether oxygens (including phenoxy) is 1. The smallest absolute Gasteiger partial charge is 0.337 e. The number of esters is 1. The Morgan fingerprint density at radius 2 is 1.13 bits per heavy atom. The SMILES string of the molecule is COC(=O)c1cc(N)cc(N)c1.Nc1cc(N)cc(C(=O)O)c1. The van der Waals surface area contributed by atoms with E-state index in [9.17, 15) is 9.59 Å². The number of carbonyl (C=O) groups is 2. The largest absolute Gasteiger partial charge is 0.478 e. The lowest BCUT2D eigenvalue weighted by atomic mass is 10.2. The van der Waals surface area contributed by atoms with Gasteiger partial charge in [0.05, 0.1) is 18.2 Å². The molecule has 23 heavy (non-hydrogen) atoms. The summed E-state index contributed by atoms with van der Waals surface area (Å²) in [5.41, 5.74) is 23.8. The second-order valence-corrected chi connectivity index (χ2v) is 4.57. The summed E-state index contributed by atoms with van der Waals surface area (Å²) in [4.78, 5) is 21.4. The van der Waals surface area contributed by atoms with Gasteiger partial charge in [-0.2, -0.15) is 0 Å². The first-order valence-corrected chi connectivity index (χ1v) is 6.36. The Balaban J connectivity index is 0.000000231. The van der Waals surface area contributed by atoms with E-state index >= 15 is 0 Å². The number of aromatic carboxylic acids is 1. The van der Waals surface area contributed by atoms with Gasteiger partial charge in [-0.1, -0.05) is 0 Å². The number of methoxy groups -OCH3 is 1. The van der Waals surface area contributed by atoms with Crippen molar-refractivity contribution in [1.29, 1.82) is 0 Å². The standard InChI is InChI=1S/C8H10N2O2.C7H8N2O2/c1-12-8(11)5-2-6(9)4-7(10)3-5;8-5-1-4(7(10)11)2-6(9)3-5/h2-4H,9-10H2,1H3;1-3H,8-9H2,(H,10,11). The van der Waals surface area contributed by atoms with Gasteiger partial charge in [0.2, 0.25) is 0 Å². The molecular weight excluding hydrogens is 300 g/mol. The number of benzene rings is 2. The van der Waals surface area contributed by atoms with Crippen molar-refractivity contribution in [1.82, 2.24) is 0 Å². The fourth-order valence-electron chi connectivity index (χ4n) is 1.71. The Kier molecular flexibility index (Phi) is 5.79. The fourth-order valence-corrected chi connectivity index (χ4v) is 1.71. The van der Waals surface area contributed by atoms with E-state index in [1.807, 2.05) is 0 Å². The first kappa shape index (κ1) is 17.6. The predicted octanol–water partition coefficient (Wildman–Crippen LogP) is 1.19. The summed E-state index contributed by atoms with van der Waals surface area (Å²) in [5.74, 6) is -1.46. The Bertz CT molecular complexity index is 691.